The van der Waals surface area contributed by atoms with Crippen LogP contribution in [0.2, 0.25) is 0 Å². The quantitative estimate of drug-likeness (QED) is 0.512. The van der Waals surface area contributed by atoms with Crippen molar-refractivity contribution in [3.8, 4) is 0 Å². The predicted octanol–water partition coefficient (Wildman–Crippen LogP) is -1.00. The van der Waals surface area contributed by atoms with E-state index in [1.54, 1.807) is 0 Å². The fraction of sp³-hybridized carbons (Fsp3) is 0.400. The normalized spacial score (nSPS) is 10.3. The second-order valence-corrected chi connectivity index (χ2v) is 1.83. The Bertz CT molecular complexity index is 181. The Labute approximate surface area is 61.4 Å². The summed E-state index contributed by atoms with van der Waals surface area (Å²) in [7, 11) is 0. The molecule has 0 aromatic carbocycles. The Hall–Kier alpha value is -1.59. The lowest BCUT2D eigenvalue weighted by atomic mass is 10.1. The van der Waals surface area contributed by atoms with Crippen molar-refractivity contribution in [3.63, 3.8) is 0 Å². The van der Waals surface area contributed by atoms with E-state index in [4.69, 9.17) is 10.2 Å². The first-order valence-electron chi connectivity index (χ1n) is 2.47. The Kier molecular flexibility index (Phi) is 2.56. The summed E-state index contributed by atoms with van der Waals surface area (Å²) in [6, 6.07) is 0. The molecule has 6 nitrogen and oxygen atoms in total. The van der Waals surface area contributed by atoms with Crippen LogP contribution in [0.4, 0.5) is 0 Å². The van der Waals surface area contributed by atoms with Crippen LogP contribution in [0.5, 0.6) is 0 Å². The van der Waals surface area contributed by atoms with Crippen LogP contribution in [-0.4, -0.2) is 34.2 Å². The number of carbonyl (C=O) groups is 2. The molecule has 11 heavy (non-hydrogen) atoms. The maximum Gasteiger partial charge on any atom is 0.419 e. The molecule has 0 fully saturated rings. The first kappa shape index (κ1) is 9.41. The molecule has 0 aliphatic rings. The average Bonchev–Trinajstić information content (AvgIpc) is 1.87. The van der Waals surface area contributed by atoms with Crippen molar-refractivity contribution in [2.75, 3.05) is 0 Å². The minimum Gasteiger partial charge on any atom is -0.478 e. The van der Waals surface area contributed by atoms with Crippen molar-refractivity contribution in [3.05, 3.63) is 0 Å². The van der Waals surface area contributed by atoms with Gasteiger partial charge in [-0.1, -0.05) is 0 Å². The Morgan fingerprint density at radius 3 is 1.82 bits per heavy atom. The number of aliphatic carboxylic acids is 2. The van der Waals surface area contributed by atoms with E-state index in [1.165, 1.54) is 0 Å². The molecule has 0 aromatic rings. The first-order valence-corrected chi connectivity index (χ1v) is 2.47. The largest absolute Gasteiger partial charge is 0.478 e. The third kappa shape index (κ3) is 1.66. The van der Waals surface area contributed by atoms with Crippen LogP contribution in [0, 0.1) is 0 Å². The fourth-order valence-electron chi connectivity index (χ4n) is 0.262. The molecule has 0 aliphatic heterocycles. The summed E-state index contributed by atoms with van der Waals surface area (Å²) in [6.45, 7) is 1.50. The lowest BCUT2D eigenvalue weighted by molar-refractivity contribution is -0.171. The molecule has 0 saturated carbocycles. The molecule has 0 heterocycles. The molecule has 2 N–H and O–H groups in total. The van der Waals surface area contributed by atoms with Gasteiger partial charge in [-0.15, -0.1) is 0 Å². The van der Waals surface area contributed by atoms with Crippen molar-refractivity contribution >= 4 is 18.4 Å². The fourth-order valence-corrected chi connectivity index (χ4v) is 0.262. The van der Waals surface area contributed by atoms with Crippen LogP contribution in [0.15, 0.2) is 0 Å². The SMILES string of the molecule is CC(O[C]=O)(C(=O)O)C(=O)O. The minimum atomic E-state index is -2.54. The molecule has 0 amide bonds. The topological polar surface area (TPSA) is 101 Å². The monoisotopic (exact) mass is 161 g/mol. The zero-order chi connectivity index (χ0) is 9.07. The lowest BCUT2D eigenvalue weighted by Crippen LogP contribution is -2.45. The summed E-state index contributed by atoms with van der Waals surface area (Å²) in [5.41, 5.74) is -2.54. The molecular formula is C5H5O6. The van der Waals surface area contributed by atoms with E-state index in [2.05, 4.69) is 4.74 Å². The van der Waals surface area contributed by atoms with Crippen LogP contribution in [0.25, 0.3) is 0 Å². The number of carboxylic acids is 2. The minimum absolute atomic E-state index is 0.739. The molecule has 61 valence electrons. The standard InChI is InChI=1S/C5H5O6/c1-5(3(7)8,4(9)10)11-2-6/h1H3,(H,7,8)(H,9,10). The zero-order valence-electron chi connectivity index (χ0n) is 5.53. The van der Waals surface area contributed by atoms with E-state index >= 15 is 0 Å². The van der Waals surface area contributed by atoms with Crippen LogP contribution >= 0.6 is 0 Å². The summed E-state index contributed by atoms with van der Waals surface area (Å²) in [5.74, 6) is -3.51. The molecule has 0 atom stereocenters. The summed E-state index contributed by atoms with van der Waals surface area (Å²) in [5, 5.41) is 16.5. The van der Waals surface area contributed by atoms with Crippen LogP contribution in [0.3, 0.4) is 0 Å². The summed E-state index contributed by atoms with van der Waals surface area (Å²) in [6.07, 6.45) is 0. The second-order valence-electron chi connectivity index (χ2n) is 1.83. The molecule has 6 heteroatoms. The van der Waals surface area contributed by atoms with E-state index in [1.807, 2.05) is 0 Å². The molecule has 0 rings (SSSR count). The van der Waals surface area contributed by atoms with Gasteiger partial charge in [0.25, 0.3) is 0 Å². The molecule has 0 unspecified atom stereocenters. The van der Waals surface area contributed by atoms with Gasteiger partial charge in [-0.2, -0.15) is 0 Å². The zero-order valence-corrected chi connectivity index (χ0v) is 5.53. The lowest BCUT2D eigenvalue weighted by Gasteiger charge is -2.15. The van der Waals surface area contributed by atoms with Gasteiger partial charge in [0.2, 0.25) is 0 Å². The molecular weight excluding hydrogens is 156 g/mol. The van der Waals surface area contributed by atoms with E-state index in [9.17, 15) is 14.4 Å². The highest BCUT2D eigenvalue weighted by atomic mass is 16.6. The van der Waals surface area contributed by atoms with E-state index in [0.29, 0.717) is 0 Å². The van der Waals surface area contributed by atoms with Gasteiger partial charge in [-0.05, 0) is 6.92 Å². The maximum absolute atomic E-state index is 10.2. The van der Waals surface area contributed by atoms with Gasteiger partial charge >= 0.3 is 24.0 Å². The second kappa shape index (κ2) is 3.00. The average molecular weight is 161 g/mol. The van der Waals surface area contributed by atoms with Gasteiger partial charge in [-0.3, -0.25) is 0 Å². The highest BCUT2D eigenvalue weighted by Gasteiger charge is 2.44. The van der Waals surface area contributed by atoms with Crippen LogP contribution in [-0.2, 0) is 19.1 Å². The highest BCUT2D eigenvalue weighted by Crippen LogP contribution is 2.08. The number of carbonyl (C=O) groups excluding carboxylic acids is 1. The molecule has 0 aromatic heterocycles. The predicted molar refractivity (Wildman–Crippen MR) is 30.5 cm³/mol. The molecule has 0 spiro atoms. The van der Waals surface area contributed by atoms with E-state index < -0.39 is 17.5 Å². The van der Waals surface area contributed by atoms with Gasteiger partial charge in [0, 0.05) is 0 Å². The summed E-state index contributed by atoms with van der Waals surface area (Å²) < 4.78 is 3.75. The molecule has 0 saturated heterocycles. The van der Waals surface area contributed by atoms with Crippen molar-refractivity contribution in [1.82, 2.24) is 0 Å². The van der Waals surface area contributed by atoms with Crippen molar-refractivity contribution < 1.29 is 29.3 Å². The summed E-state index contributed by atoms with van der Waals surface area (Å²) >= 11 is 0. The Morgan fingerprint density at radius 1 is 1.36 bits per heavy atom. The van der Waals surface area contributed by atoms with E-state index in [-0.39, 0.29) is 0 Å². The number of rotatable bonds is 4. The highest BCUT2D eigenvalue weighted by molar-refractivity contribution is 6.02. The number of ether oxygens (including phenoxy) is 1. The number of hydrogen-bond donors (Lipinski definition) is 2. The third-order valence-corrected chi connectivity index (χ3v) is 1.06. The van der Waals surface area contributed by atoms with Crippen molar-refractivity contribution in [2.24, 2.45) is 0 Å². The van der Waals surface area contributed by atoms with Gasteiger partial charge < -0.3 is 14.9 Å². The van der Waals surface area contributed by atoms with Crippen LogP contribution < -0.4 is 0 Å². The Morgan fingerprint density at radius 2 is 1.73 bits per heavy atom. The van der Waals surface area contributed by atoms with Gasteiger partial charge in [0.05, 0.1) is 0 Å². The molecule has 1 radical (unpaired) electrons. The van der Waals surface area contributed by atoms with Gasteiger partial charge in [-0.25, -0.2) is 14.4 Å². The smallest absolute Gasteiger partial charge is 0.419 e. The first-order chi connectivity index (χ1) is 4.95. The van der Waals surface area contributed by atoms with Gasteiger partial charge in [0.1, 0.15) is 0 Å². The summed E-state index contributed by atoms with van der Waals surface area (Å²) in [4.78, 5) is 29.9. The van der Waals surface area contributed by atoms with E-state index in [0.717, 1.165) is 13.4 Å². The Balaban J connectivity index is 4.65. The number of hydrogen-bond acceptors (Lipinski definition) is 4. The number of carboxylic acid groups (broad SMARTS) is 2. The maximum atomic E-state index is 10.2. The molecule has 0 aliphatic carbocycles. The van der Waals surface area contributed by atoms with Crippen molar-refractivity contribution in [2.45, 2.75) is 12.5 Å². The molecule has 0 bridgehead atoms. The van der Waals surface area contributed by atoms with Gasteiger partial charge in [0.15, 0.2) is 0 Å². The van der Waals surface area contributed by atoms with Crippen LogP contribution in [0.1, 0.15) is 6.92 Å². The van der Waals surface area contributed by atoms with Crippen molar-refractivity contribution in [1.29, 1.82) is 0 Å². The third-order valence-electron chi connectivity index (χ3n) is 1.06.